The molecular weight excluding hydrogens is 378 g/mol. The number of hydrogen-bond donors (Lipinski definition) is 0. The predicted octanol–water partition coefficient (Wildman–Crippen LogP) is 3.02. The lowest BCUT2D eigenvalue weighted by atomic mass is 10.2. The van der Waals surface area contributed by atoms with Gasteiger partial charge in [0.25, 0.3) is 0 Å². The first-order valence-electron chi connectivity index (χ1n) is 7.90. The number of fused-ring (bicyclic) bond motifs is 1. The van der Waals surface area contributed by atoms with Gasteiger partial charge in [-0.25, -0.2) is 13.4 Å². The van der Waals surface area contributed by atoms with Gasteiger partial charge >= 0.3 is 10.1 Å². The van der Waals surface area contributed by atoms with Gasteiger partial charge in [-0.15, -0.1) is 0 Å². The number of benzene rings is 2. The van der Waals surface area contributed by atoms with Crippen molar-refractivity contribution in [1.82, 2.24) is 4.98 Å². The molecule has 0 aliphatic rings. The van der Waals surface area contributed by atoms with Gasteiger partial charge in [0.2, 0.25) is 5.89 Å². The smallest absolute Gasteiger partial charge is 0.308 e. The average molecular weight is 395 g/mol. The molecule has 0 aliphatic carbocycles. The van der Waals surface area contributed by atoms with Crippen molar-refractivity contribution in [1.29, 1.82) is 0 Å². The van der Waals surface area contributed by atoms with E-state index in [1.165, 1.54) is 31.2 Å². The molecule has 0 radical (unpaired) electrons. The van der Waals surface area contributed by atoms with E-state index in [-0.39, 0.29) is 28.0 Å². The van der Waals surface area contributed by atoms with Gasteiger partial charge in [0.1, 0.15) is 11.3 Å². The Kier molecular flexibility index (Phi) is 4.76. The van der Waals surface area contributed by atoms with Gasteiger partial charge in [0.05, 0.1) is 16.4 Å². The quantitative estimate of drug-likeness (QED) is 0.591. The number of nitrogens with zero attached hydrogens (tertiary/aromatic N) is 1. The molecule has 0 bridgehead atoms. The summed E-state index contributed by atoms with van der Waals surface area (Å²) in [5.74, 6) is 0.245. The van der Waals surface area contributed by atoms with Crippen LogP contribution in [0.2, 0.25) is 0 Å². The summed E-state index contributed by atoms with van der Waals surface area (Å²) in [5.41, 5.74) is 1.36. The lowest BCUT2D eigenvalue weighted by Crippen LogP contribution is -2.11. The average Bonchev–Trinajstić information content (AvgIpc) is 3.05. The molecule has 0 saturated heterocycles. The number of hydrogen-bond acceptors (Lipinski definition) is 7. The third kappa shape index (κ3) is 3.73. The van der Waals surface area contributed by atoms with Crippen LogP contribution in [0.5, 0.6) is 5.75 Å². The first-order valence-corrected chi connectivity index (χ1v) is 11.1. The highest BCUT2D eigenvalue weighted by Crippen LogP contribution is 2.28. The summed E-state index contributed by atoms with van der Waals surface area (Å²) in [5, 5.41) is 0. The van der Waals surface area contributed by atoms with E-state index in [4.69, 9.17) is 8.60 Å². The normalized spacial score (nSPS) is 12.4. The summed E-state index contributed by atoms with van der Waals surface area (Å²) in [6.45, 7) is 3.06. The number of sulfone groups is 1. The van der Waals surface area contributed by atoms with E-state index in [0.29, 0.717) is 16.7 Å². The number of rotatable bonds is 6. The van der Waals surface area contributed by atoms with Crippen LogP contribution in [0.15, 0.2) is 51.8 Å². The molecular formula is C17H17NO6S2. The highest BCUT2D eigenvalue weighted by atomic mass is 32.2. The van der Waals surface area contributed by atoms with E-state index in [0.717, 1.165) is 0 Å². The fourth-order valence-corrected chi connectivity index (χ4v) is 3.69. The zero-order valence-corrected chi connectivity index (χ0v) is 15.8. The van der Waals surface area contributed by atoms with E-state index >= 15 is 0 Å². The molecule has 0 fully saturated rings. The maximum Gasteiger partial charge on any atom is 0.308 e. The third-order valence-electron chi connectivity index (χ3n) is 3.76. The molecule has 0 spiro atoms. The maximum absolute atomic E-state index is 12.0. The van der Waals surface area contributed by atoms with Crippen molar-refractivity contribution in [2.24, 2.45) is 0 Å². The van der Waals surface area contributed by atoms with Crippen molar-refractivity contribution in [3.63, 3.8) is 0 Å². The Balaban J connectivity index is 2.01. The standard InChI is InChI=1S/C17H17NO6S2/c1-3-25(19,20)14-8-9-16-15(11-14)18-17(23-16)12-6-5-7-13(10-12)24-26(21,22)4-2/h5-11H,3-4H2,1-2H3. The van der Waals surface area contributed by atoms with Crippen molar-refractivity contribution >= 4 is 31.1 Å². The molecule has 1 heterocycles. The minimum Gasteiger partial charge on any atom is -0.436 e. The van der Waals surface area contributed by atoms with Crippen molar-refractivity contribution in [2.45, 2.75) is 18.7 Å². The summed E-state index contributed by atoms with van der Waals surface area (Å²) < 4.78 is 57.8. The van der Waals surface area contributed by atoms with Crippen molar-refractivity contribution < 1.29 is 25.4 Å². The van der Waals surface area contributed by atoms with E-state index in [1.807, 2.05) is 0 Å². The fourth-order valence-electron chi connectivity index (χ4n) is 2.28. The Morgan fingerprint density at radius 3 is 2.46 bits per heavy atom. The first-order chi connectivity index (χ1) is 12.2. The van der Waals surface area contributed by atoms with Gasteiger partial charge in [0, 0.05) is 5.56 Å². The summed E-state index contributed by atoms with van der Waals surface area (Å²) in [7, 11) is -6.98. The Labute approximate surface area is 151 Å². The highest BCUT2D eigenvalue weighted by molar-refractivity contribution is 7.91. The topological polar surface area (TPSA) is 104 Å². The van der Waals surface area contributed by atoms with Gasteiger partial charge in [-0.3, -0.25) is 0 Å². The Morgan fingerprint density at radius 2 is 1.77 bits per heavy atom. The Bertz CT molecular complexity index is 1160. The fraction of sp³-hybridized carbons (Fsp3) is 0.235. The number of oxazole rings is 1. The molecule has 0 N–H and O–H groups in total. The minimum absolute atomic E-state index is 0.00545. The summed E-state index contributed by atoms with van der Waals surface area (Å²) >= 11 is 0. The van der Waals surface area contributed by atoms with E-state index in [2.05, 4.69) is 4.98 Å². The van der Waals surface area contributed by atoms with Crippen molar-refractivity contribution in [2.75, 3.05) is 11.5 Å². The summed E-state index contributed by atoms with van der Waals surface area (Å²) in [6, 6.07) is 10.8. The van der Waals surface area contributed by atoms with E-state index < -0.39 is 20.0 Å². The molecule has 3 aromatic rings. The third-order valence-corrected chi connectivity index (χ3v) is 6.64. The lowest BCUT2D eigenvalue weighted by molar-refractivity contribution is 0.487. The second-order valence-corrected chi connectivity index (χ2v) is 9.65. The Hall–Kier alpha value is -2.39. The van der Waals surface area contributed by atoms with Gasteiger partial charge < -0.3 is 8.60 Å². The van der Waals surface area contributed by atoms with Crippen LogP contribution in [-0.4, -0.2) is 33.3 Å². The van der Waals surface area contributed by atoms with Crippen LogP contribution in [0, 0.1) is 0 Å². The van der Waals surface area contributed by atoms with Crippen LogP contribution in [0.3, 0.4) is 0 Å². The van der Waals surface area contributed by atoms with Crippen LogP contribution in [0.4, 0.5) is 0 Å². The second-order valence-electron chi connectivity index (χ2n) is 5.51. The van der Waals surface area contributed by atoms with Gasteiger partial charge in [-0.2, -0.15) is 8.42 Å². The monoisotopic (exact) mass is 395 g/mol. The largest absolute Gasteiger partial charge is 0.436 e. The number of aromatic nitrogens is 1. The molecule has 0 aliphatic heterocycles. The first kappa shape index (κ1) is 18.4. The maximum atomic E-state index is 12.0. The zero-order chi connectivity index (χ0) is 18.9. The molecule has 7 nitrogen and oxygen atoms in total. The van der Waals surface area contributed by atoms with Gasteiger partial charge in [-0.1, -0.05) is 13.0 Å². The Morgan fingerprint density at radius 1 is 1.00 bits per heavy atom. The molecule has 0 unspecified atom stereocenters. The predicted molar refractivity (Wildman–Crippen MR) is 97.3 cm³/mol. The molecule has 2 aromatic carbocycles. The molecule has 26 heavy (non-hydrogen) atoms. The second kappa shape index (κ2) is 6.73. The highest BCUT2D eigenvalue weighted by Gasteiger charge is 2.16. The van der Waals surface area contributed by atoms with Gasteiger partial charge in [-0.05, 0) is 43.3 Å². The van der Waals surface area contributed by atoms with Gasteiger partial charge in [0.15, 0.2) is 15.4 Å². The summed E-state index contributed by atoms with van der Waals surface area (Å²) in [4.78, 5) is 4.49. The zero-order valence-electron chi connectivity index (χ0n) is 14.2. The van der Waals surface area contributed by atoms with E-state index in [1.54, 1.807) is 25.1 Å². The molecule has 0 atom stereocenters. The summed E-state index contributed by atoms with van der Waals surface area (Å²) in [6.07, 6.45) is 0. The molecule has 0 amide bonds. The molecule has 3 rings (SSSR count). The SMILES string of the molecule is CCS(=O)(=O)Oc1cccc(-c2nc3cc(S(=O)(=O)CC)ccc3o2)c1. The van der Waals surface area contributed by atoms with Crippen LogP contribution >= 0.6 is 0 Å². The van der Waals surface area contributed by atoms with Crippen LogP contribution in [0.25, 0.3) is 22.6 Å². The van der Waals surface area contributed by atoms with Crippen molar-refractivity contribution in [3.8, 4) is 17.2 Å². The van der Waals surface area contributed by atoms with E-state index in [9.17, 15) is 16.8 Å². The molecule has 9 heteroatoms. The van der Waals surface area contributed by atoms with Crippen molar-refractivity contribution in [3.05, 3.63) is 42.5 Å². The van der Waals surface area contributed by atoms with Crippen LogP contribution in [0.1, 0.15) is 13.8 Å². The van der Waals surface area contributed by atoms with Crippen LogP contribution in [-0.2, 0) is 20.0 Å². The lowest BCUT2D eigenvalue weighted by Gasteiger charge is -2.05. The molecule has 0 saturated carbocycles. The minimum atomic E-state index is -3.64. The molecule has 138 valence electrons. The van der Waals surface area contributed by atoms with Crippen LogP contribution < -0.4 is 4.18 Å². The molecule has 1 aromatic heterocycles.